The van der Waals surface area contributed by atoms with Crippen molar-refractivity contribution in [3.05, 3.63) is 17.5 Å². The van der Waals surface area contributed by atoms with Crippen LogP contribution >= 0.6 is 0 Å². The number of aromatic nitrogens is 2. The maximum Gasteiger partial charge on any atom is 0.269 e. The molecule has 140 valence electrons. The number of aliphatic hydroxyl groups excluding tert-OH is 1. The first-order valence-corrected chi connectivity index (χ1v) is 9.29. The van der Waals surface area contributed by atoms with Gasteiger partial charge in [-0.15, -0.1) is 0 Å². The number of nitrogens with one attached hydrogen (secondary N) is 1. The fourth-order valence-electron chi connectivity index (χ4n) is 3.92. The Kier molecular flexibility index (Phi) is 5.76. The number of amides is 1. The van der Waals surface area contributed by atoms with Crippen LogP contribution in [-0.4, -0.2) is 70.2 Å². The van der Waals surface area contributed by atoms with E-state index in [9.17, 15) is 9.90 Å². The fourth-order valence-corrected chi connectivity index (χ4v) is 3.92. The molecule has 3 rings (SSSR count). The van der Waals surface area contributed by atoms with Gasteiger partial charge < -0.3 is 15.2 Å². The standard InChI is InChI=1S/C18H30N4O3/c1-12(2)10-13-11-16(21(3)20-13)18(24)19-14-4-5-15(17(14)23)22-6-8-25-9-7-22/h11-12,14-15,17,23H,4-10H2,1-3H3,(H,19,24)/t14-,15-,17-/m1/s1. The molecular formula is C18H30N4O3. The maximum absolute atomic E-state index is 12.6. The van der Waals surface area contributed by atoms with E-state index < -0.39 is 6.10 Å². The van der Waals surface area contributed by atoms with Crippen molar-refractivity contribution in [3.63, 3.8) is 0 Å². The van der Waals surface area contributed by atoms with Crippen LogP contribution in [0.4, 0.5) is 0 Å². The van der Waals surface area contributed by atoms with Gasteiger partial charge in [0.2, 0.25) is 0 Å². The third-order valence-electron chi connectivity index (χ3n) is 5.19. The summed E-state index contributed by atoms with van der Waals surface area (Å²) in [4.78, 5) is 14.9. The lowest BCUT2D eigenvalue weighted by molar-refractivity contribution is -0.0154. The second-order valence-corrected chi connectivity index (χ2v) is 7.61. The van der Waals surface area contributed by atoms with E-state index in [1.54, 1.807) is 11.7 Å². The molecule has 0 bridgehead atoms. The lowest BCUT2D eigenvalue weighted by atomic mass is 10.1. The summed E-state index contributed by atoms with van der Waals surface area (Å²) in [6.45, 7) is 7.40. The molecule has 2 N–H and O–H groups in total. The Hall–Kier alpha value is -1.44. The van der Waals surface area contributed by atoms with Crippen molar-refractivity contribution in [2.75, 3.05) is 26.3 Å². The summed E-state index contributed by atoms with van der Waals surface area (Å²) in [5.74, 6) is 0.341. The van der Waals surface area contributed by atoms with Gasteiger partial charge in [-0.25, -0.2) is 0 Å². The minimum absolute atomic E-state index is 0.109. The molecule has 7 nitrogen and oxygen atoms in total. The first kappa shape index (κ1) is 18.4. The van der Waals surface area contributed by atoms with E-state index in [0.29, 0.717) is 24.8 Å². The molecule has 1 amide bonds. The Bertz CT molecular complexity index is 595. The maximum atomic E-state index is 12.6. The number of morpholine rings is 1. The van der Waals surface area contributed by atoms with Crippen molar-refractivity contribution in [2.45, 2.75) is 51.3 Å². The minimum atomic E-state index is -0.537. The van der Waals surface area contributed by atoms with Crippen LogP contribution < -0.4 is 5.32 Å². The zero-order valence-electron chi connectivity index (χ0n) is 15.4. The van der Waals surface area contributed by atoms with Crippen LogP contribution in [0.5, 0.6) is 0 Å². The molecule has 0 radical (unpaired) electrons. The Morgan fingerprint density at radius 2 is 2.12 bits per heavy atom. The summed E-state index contributed by atoms with van der Waals surface area (Å²) in [7, 11) is 1.79. The third kappa shape index (κ3) is 4.22. The molecule has 3 atom stereocenters. The molecule has 0 unspecified atom stereocenters. The Labute approximate surface area is 149 Å². The highest BCUT2D eigenvalue weighted by atomic mass is 16.5. The van der Waals surface area contributed by atoms with E-state index in [1.807, 2.05) is 6.07 Å². The van der Waals surface area contributed by atoms with E-state index in [-0.39, 0.29) is 18.0 Å². The number of nitrogens with zero attached hydrogens (tertiary/aromatic N) is 3. The van der Waals surface area contributed by atoms with Crippen molar-refractivity contribution in [3.8, 4) is 0 Å². The van der Waals surface area contributed by atoms with Gasteiger partial charge in [-0.2, -0.15) is 5.10 Å². The number of hydrogen-bond acceptors (Lipinski definition) is 5. The molecule has 0 spiro atoms. The normalized spacial score (nSPS) is 27.8. The van der Waals surface area contributed by atoms with Crippen molar-refractivity contribution in [1.82, 2.24) is 20.0 Å². The van der Waals surface area contributed by atoms with Crippen LogP contribution in [-0.2, 0) is 18.2 Å². The number of carbonyl (C=O) groups excluding carboxylic acids is 1. The van der Waals surface area contributed by atoms with Crippen LogP contribution in [0.1, 0.15) is 42.9 Å². The molecule has 1 saturated carbocycles. The molecule has 2 aliphatic rings. The lowest BCUT2D eigenvalue weighted by Gasteiger charge is -2.34. The van der Waals surface area contributed by atoms with Crippen molar-refractivity contribution < 1.29 is 14.6 Å². The van der Waals surface area contributed by atoms with Crippen LogP contribution in [0.2, 0.25) is 0 Å². The first-order chi connectivity index (χ1) is 12.0. The van der Waals surface area contributed by atoms with Crippen molar-refractivity contribution in [2.24, 2.45) is 13.0 Å². The monoisotopic (exact) mass is 350 g/mol. The summed E-state index contributed by atoms with van der Waals surface area (Å²) in [6, 6.07) is 1.76. The summed E-state index contributed by atoms with van der Waals surface area (Å²) in [5.41, 5.74) is 1.48. The van der Waals surface area contributed by atoms with Gasteiger partial charge in [0.1, 0.15) is 5.69 Å². The van der Waals surface area contributed by atoms with E-state index in [2.05, 4.69) is 29.2 Å². The second kappa shape index (κ2) is 7.85. The van der Waals surface area contributed by atoms with Crippen LogP contribution in [0.25, 0.3) is 0 Å². The van der Waals surface area contributed by atoms with Crippen molar-refractivity contribution >= 4 is 5.91 Å². The highest BCUT2D eigenvalue weighted by Crippen LogP contribution is 2.26. The van der Waals surface area contributed by atoms with Crippen molar-refractivity contribution in [1.29, 1.82) is 0 Å². The van der Waals surface area contributed by atoms with E-state index >= 15 is 0 Å². The van der Waals surface area contributed by atoms with Gasteiger partial charge in [-0.3, -0.25) is 14.4 Å². The zero-order chi connectivity index (χ0) is 18.0. The largest absolute Gasteiger partial charge is 0.389 e. The Morgan fingerprint density at radius 1 is 1.40 bits per heavy atom. The molecule has 1 aromatic rings. The quantitative estimate of drug-likeness (QED) is 0.812. The second-order valence-electron chi connectivity index (χ2n) is 7.61. The lowest BCUT2D eigenvalue weighted by Crippen LogP contribution is -2.51. The molecule has 2 heterocycles. The van der Waals surface area contributed by atoms with Gasteiger partial charge in [-0.05, 0) is 31.2 Å². The fraction of sp³-hybridized carbons (Fsp3) is 0.778. The smallest absolute Gasteiger partial charge is 0.269 e. The molecule has 1 aliphatic carbocycles. The first-order valence-electron chi connectivity index (χ1n) is 9.29. The van der Waals surface area contributed by atoms with Gasteiger partial charge in [-0.1, -0.05) is 13.8 Å². The number of ether oxygens (including phenoxy) is 1. The average Bonchev–Trinajstić information content (AvgIpc) is 3.11. The van der Waals surface area contributed by atoms with E-state index in [0.717, 1.165) is 38.0 Å². The number of aryl methyl sites for hydroxylation is 1. The summed E-state index contributed by atoms with van der Waals surface area (Å²) in [5, 5.41) is 18.1. The minimum Gasteiger partial charge on any atom is -0.389 e. The number of aliphatic hydroxyl groups is 1. The predicted molar refractivity (Wildman–Crippen MR) is 94.4 cm³/mol. The molecule has 25 heavy (non-hydrogen) atoms. The molecule has 7 heteroatoms. The molecule has 1 saturated heterocycles. The molecule has 2 fully saturated rings. The Balaban J connectivity index is 1.60. The summed E-state index contributed by atoms with van der Waals surface area (Å²) in [6.07, 6.45) is 2.01. The molecule has 1 aromatic heterocycles. The molecule has 1 aliphatic heterocycles. The topological polar surface area (TPSA) is 79.6 Å². The van der Waals surface area contributed by atoms with Gasteiger partial charge in [0, 0.05) is 26.2 Å². The third-order valence-corrected chi connectivity index (χ3v) is 5.19. The van der Waals surface area contributed by atoms with E-state index in [4.69, 9.17) is 4.74 Å². The Morgan fingerprint density at radius 3 is 2.80 bits per heavy atom. The summed E-state index contributed by atoms with van der Waals surface area (Å²) >= 11 is 0. The van der Waals surface area contributed by atoms with Crippen LogP contribution in [0, 0.1) is 5.92 Å². The van der Waals surface area contributed by atoms with Gasteiger partial charge in [0.05, 0.1) is 31.1 Å². The van der Waals surface area contributed by atoms with Gasteiger partial charge in [0.25, 0.3) is 5.91 Å². The highest BCUT2D eigenvalue weighted by molar-refractivity contribution is 5.92. The number of carbonyl (C=O) groups is 1. The average molecular weight is 350 g/mol. The highest BCUT2D eigenvalue weighted by Gasteiger charge is 2.39. The van der Waals surface area contributed by atoms with Gasteiger partial charge in [0.15, 0.2) is 0 Å². The predicted octanol–water partition coefficient (Wildman–Crippen LogP) is 0.573. The van der Waals surface area contributed by atoms with E-state index in [1.165, 1.54) is 0 Å². The number of rotatable bonds is 5. The zero-order valence-corrected chi connectivity index (χ0v) is 15.4. The SMILES string of the molecule is CC(C)Cc1cc(C(=O)N[C@@H]2CC[C@@H](N3CCOCC3)[C@@H]2O)n(C)n1. The summed E-state index contributed by atoms with van der Waals surface area (Å²) < 4.78 is 7.02. The molecule has 0 aromatic carbocycles. The van der Waals surface area contributed by atoms with Crippen LogP contribution in [0.15, 0.2) is 6.07 Å². The number of hydrogen-bond donors (Lipinski definition) is 2. The molecular weight excluding hydrogens is 320 g/mol. The van der Waals surface area contributed by atoms with Crippen LogP contribution in [0.3, 0.4) is 0 Å². The van der Waals surface area contributed by atoms with Gasteiger partial charge >= 0.3 is 0 Å².